The van der Waals surface area contributed by atoms with Gasteiger partial charge >= 0.3 is 6.09 Å². The largest absolute Gasteiger partial charge is 0.442 e. The van der Waals surface area contributed by atoms with E-state index in [9.17, 15) is 18.0 Å². The number of hydrogen-bond donors (Lipinski definition) is 2. The predicted octanol–water partition coefficient (Wildman–Crippen LogP) is 2.05. The standard InChI is InChI=1S/C20H22FN3O5S/c1-12-3-5-14(6-4-12)17-8-7-15(11-30(22,27)28)19(18(17)21)24-10-16(29-20(24)26)9-23-13(2)25/h3-8,16H,9-11H2,1-2H3,(H,23,25)(H2,22,27,28). The van der Waals surface area contributed by atoms with E-state index >= 15 is 4.39 Å². The maximum atomic E-state index is 15.6. The van der Waals surface area contributed by atoms with Gasteiger partial charge in [-0.25, -0.2) is 22.7 Å². The van der Waals surface area contributed by atoms with Crippen molar-refractivity contribution in [3.8, 4) is 11.1 Å². The van der Waals surface area contributed by atoms with Crippen molar-refractivity contribution in [1.29, 1.82) is 0 Å². The SMILES string of the molecule is CC(=O)NCC1CN(c2c(CS(N)(=O)=O)ccc(-c3ccc(C)cc3)c2F)C(=O)O1. The van der Waals surface area contributed by atoms with Crippen LogP contribution in [0.25, 0.3) is 11.1 Å². The molecule has 1 atom stereocenters. The molecule has 0 radical (unpaired) electrons. The Morgan fingerprint density at radius 2 is 1.93 bits per heavy atom. The van der Waals surface area contributed by atoms with Crippen LogP contribution in [-0.4, -0.2) is 39.6 Å². The summed E-state index contributed by atoms with van der Waals surface area (Å²) in [5, 5.41) is 7.70. The summed E-state index contributed by atoms with van der Waals surface area (Å²) < 4.78 is 44.1. The van der Waals surface area contributed by atoms with Gasteiger partial charge in [0.25, 0.3) is 0 Å². The van der Waals surface area contributed by atoms with Gasteiger partial charge in [-0.05, 0) is 18.1 Å². The molecule has 0 spiro atoms. The van der Waals surface area contributed by atoms with E-state index in [4.69, 9.17) is 9.88 Å². The van der Waals surface area contributed by atoms with Crippen LogP contribution in [0.15, 0.2) is 36.4 Å². The van der Waals surface area contributed by atoms with Gasteiger partial charge in [0.2, 0.25) is 15.9 Å². The first-order chi connectivity index (χ1) is 14.0. The fourth-order valence-electron chi connectivity index (χ4n) is 3.25. The number of aryl methyl sites for hydroxylation is 1. The van der Waals surface area contributed by atoms with Crippen LogP contribution in [0.3, 0.4) is 0 Å². The van der Waals surface area contributed by atoms with Gasteiger partial charge in [-0.15, -0.1) is 0 Å². The van der Waals surface area contributed by atoms with E-state index in [1.54, 1.807) is 12.1 Å². The Kier molecular flexibility index (Phi) is 6.09. The van der Waals surface area contributed by atoms with Gasteiger partial charge in [-0.3, -0.25) is 9.69 Å². The normalized spacial score (nSPS) is 16.5. The summed E-state index contributed by atoms with van der Waals surface area (Å²) in [6.07, 6.45) is -1.54. The summed E-state index contributed by atoms with van der Waals surface area (Å²) >= 11 is 0. The summed E-state index contributed by atoms with van der Waals surface area (Å²) in [6, 6.07) is 10.0. The van der Waals surface area contributed by atoms with E-state index < -0.39 is 33.8 Å². The number of benzene rings is 2. The van der Waals surface area contributed by atoms with Crippen LogP contribution in [-0.2, 0) is 25.3 Å². The molecule has 10 heteroatoms. The van der Waals surface area contributed by atoms with Crippen molar-refractivity contribution >= 4 is 27.7 Å². The molecule has 8 nitrogen and oxygen atoms in total. The third kappa shape index (κ3) is 4.95. The van der Waals surface area contributed by atoms with E-state index in [0.717, 1.165) is 10.5 Å². The highest BCUT2D eigenvalue weighted by molar-refractivity contribution is 7.88. The van der Waals surface area contributed by atoms with Crippen molar-refractivity contribution in [2.45, 2.75) is 25.7 Å². The van der Waals surface area contributed by atoms with Gasteiger partial charge in [-0.1, -0.05) is 42.0 Å². The van der Waals surface area contributed by atoms with Gasteiger partial charge in [0, 0.05) is 12.5 Å². The van der Waals surface area contributed by atoms with Crippen LogP contribution in [0.2, 0.25) is 0 Å². The number of nitrogens with two attached hydrogens (primary N) is 1. The van der Waals surface area contributed by atoms with Crippen LogP contribution >= 0.6 is 0 Å². The van der Waals surface area contributed by atoms with Crippen molar-refractivity contribution < 1.29 is 27.1 Å². The van der Waals surface area contributed by atoms with Crippen molar-refractivity contribution in [2.24, 2.45) is 5.14 Å². The number of halogens is 1. The topological polar surface area (TPSA) is 119 Å². The minimum Gasteiger partial charge on any atom is -0.442 e. The highest BCUT2D eigenvalue weighted by Crippen LogP contribution is 2.36. The van der Waals surface area contributed by atoms with Crippen molar-refractivity contribution in [1.82, 2.24) is 5.32 Å². The first kappa shape index (κ1) is 21.7. The number of amides is 2. The second-order valence-corrected chi connectivity index (χ2v) is 8.78. The van der Waals surface area contributed by atoms with Crippen LogP contribution in [0.1, 0.15) is 18.1 Å². The second-order valence-electron chi connectivity index (χ2n) is 7.16. The summed E-state index contributed by atoms with van der Waals surface area (Å²) in [6.45, 7) is 3.23. The second kappa shape index (κ2) is 8.41. The minimum absolute atomic E-state index is 0.0444. The number of nitrogens with zero attached hydrogens (tertiary/aromatic N) is 1. The fraction of sp³-hybridized carbons (Fsp3) is 0.300. The zero-order chi connectivity index (χ0) is 22.1. The number of nitrogens with one attached hydrogen (secondary N) is 1. The van der Waals surface area contributed by atoms with Crippen LogP contribution in [0.4, 0.5) is 14.9 Å². The molecule has 1 fully saturated rings. The molecule has 0 saturated carbocycles. The molecular weight excluding hydrogens is 413 g/mol. The van der Waals surface area contributed by atoms with E-state index in [2.05, 4.69) is 5.32 Å². The number of primary sulfonamides is 1. The number of rotatable bonds is 6. The Balaban J connectivity index is 2.05. The van der Waals surface area contributed by atoms with E-state index in [1.165, 1.54) is 19.1 Å². The minimum atomic E-state index is -3.98. The molecule has 1 unspecified atom stereocenters. The Labute approximate surface area is 173 Å². The Bertz CT molecular complexity index is 1090. The molecule has 3 N–H and O–H groups in total. The van der Waals surface area contributed by atoms with Crippen molar-refractivity contribution in [3.63, 3.8) is 0 Å². The van der Waals surface area contributed by atoms with Gasteiger partial charge in [-0.2, -0.15) is 0 Å². The van der Waals surface area contributed by atoms with Gasteiger partial charge in [0.1, 0.15) is 6.10 Å². The quantitative estimate of drug-likeness (QED) is 0.720. The number of sulfonamides is 1. The number of anilines is 1. The van der Waals surface area contributed by atoms with Crippen molar-refractivity contribution in [3.05, 3.63) is 53.3 Å². The summed E-state index contributed by atoms with van der Waals surface area (Å²) in [7, 11) is -3.98. The zero-order valence-corrected chi connectivity index (χ0v) is 17.3. The molecular formula is C20H22FN3O5S. The third-order valence-electron chi connectivity index (χ3n) is 4.64. The van der Waals surface area contributed by atoms with E-state index in [1.807, 2.05) is 19.1 Å². The molecule has 0 aliphatic carbocycles. The lowest BCUT2D eigenvalue weighted by atomic mass is 10.00. The summed E-state index contributed by atoms with van der Waals surface area (Å²) in [5.74, 6) is -1.70. The fourth-order valence-corrected chi connectivity index (χ4v) is 3.92. The number of ether oxygens (including phenoxy) is 1. The van der Waals surface area contributed by atoms with Crippen LogP contribution in [0, 0.1) is 12.7 Å². The lowest BCUT2D eigenvalue weighted by Gasteiger charge is -2.20. The molecule has 1 aliphatic rings. The Hall–Kier alpha value is -2.98. The molecule has 30 heavy (non-hydrogen) atoms. The van der Waals surface area contributed by atoms with Crippen molar-refractivity contribution in [2.75, 3.05) is 18.0 Å². The summed E-state index contributed by atoms with van der Waals surface area (Å²) in [5.41, 5.74) is 1.62. The van der Waals surface area contributed by atoms with E-state index in [0.29, 0.717) is 5.56 Å². The van der Waals surface area contributed by atoms with Crippen LogP contribution in [0.5, 0.6) is 0 Å². The highest BCUT2D eigenvalue weighted by Gasteiger charge is 2.36. The molecule has 0 bridgehead atoms. The number of carbonyl (C=O) groups excluding carboxylic acids is 2. The predicted molar refractivity (Wildman–Crippen MR) is 110 cm³/mol. The molecule has 2 amide bonds. The Morgan fingerprint density at radius 3 is 2.53 bits per heavy atom. The van der Waals surface area contributed by atoms with Gasteiger partial charge in [0.15, 0.2) is 5.82 Å². The number of carbonyl (C=O) groups is 2. The average molecular weight is 435 g/mol. The molecule has 1 aliphatic heterocycles. The maximum absolute atomic E-state index is 15.6. The number of cyclic esters (lactones) is 1. The molecule has 3 rings (SSSR count). The molecule has 1 saturated heterocycles. The van der Waals surface area contributed by atoms with Crippen LogP contribution < -0.4 is 15.4 Å². The molecule has 2 aromatic carbocycles. The van der Waals surface area contributed by atoms with E-state index in [-0.39, 0.29) is 35.8 Å². The molecule has 2 aromatic rings. The summed E-state index contributed by atoms with van der Waals surface area (Å²) in [4.78, 5) is 24.6. The third-order valence-corrected chi connectivity index (χ3v) is 5.36. The lowest BCUT2D eigenvalue weighted by molar-refractivity contribution is -0.119. The first-order valence-electron chi connectivity index (χ1n) is 9.16. The number of hydrogen-bond acceptors (Lipinski definition) is 5. The average Bonchev–Trinajstić information content (AvgIpc) is 3.00. The smallest absolute Gasteiger partial charge is 0.414 e. The Morgan fingerprint density at radius 1 is 1.27 bits per heavy atom. The monoisotopic (exact) mass is 435 g/mol. The molecule has 0 aromatic heterocycles. The molecule has 160 valence electrons. The molecule has 1 heterocycles. The maximum Gasteiger partial charge on any atom is 0.414 e. The lowest BCUT2D eigenvalue weighted by Crippen LogP contribution is -2.33. The van der Waals surface area contributed by atoms with Gasteiger partial charge < -0.3 is 10.1 Å². The first-order valence-corrected chi connectivity index (χ1v) is 10.9. The highest BCUT2D eigenvalue weighted by atomic mass is 32.2. The zero-order valence-electron chi connectivity index (χ0n) is 16.5. The van der Waals surface area contributed by atoms with Gasteiger partial charge in [0.05, 0.1) is 24.5 Å².